The van der Waals surface area contributed by atoms with Gasteiger partial charge in [-0.25, -0.2) is 0 Å². The molecule has 1 N–H and O–H groups in total. The highest BCUT2D eigenvalue weighted by molar-refractivity contribution is 4.86. The lowest BCUT2D eigenvalue weighted by Gasteiger charge is -2.39. The number of nitrogens with one attached hydrogen (secondary N) is 1. The van der Waals surface area contributed by atoms with E-state index in [1.165, 1.54) is 0 Å². The van der Waals surface area contributed by atoms with Gasteiger partial charge in [-0.3, -0.25) is 0 Å². The van der Waals surface area contributed by atoms with Crippen LogP contribution >= 0.6 is 0 Å². The highest BCUT2D eigenvalue weighted by Crippen LogP contribution is 2.22. The summed E-state index contributed by atoms with van der Waals surface area (Å²) < 4.78 is 35.8. The van der Waals surface area contributed by atoms with Crippen LogP contribution in [0.25, 0.3) is 0 Å². The summed E-state index contributed by atoms with van der Waals surface area (Å²) in [6.45, 7) is 7.80. The number of hydrogen-bond acceptors (Lipinski definition) is 2. The van der Waals surface area contributed by atoms with E-state index in [1.54, 1.807) is 0 Å². The lowest BCUT2D eigenvalue weighted by Crippen LogP contribution is -2.57. The highest BCUT2D eigenvalue weighted by atomic mass is 19.4. The summed E-state index contributed by atoms with van der Waals surface area (Å²) in [6.07, 6.45) is -3.77. The molecule has 1 heterocycles. The Balaban J connectivity index is 2.13. The fourth-order valence-corrected chi connectivity index (χ4v) is 2.10. The van der Waals surface area contributed by atoms with Crippen molar-refractivity contribution in [3.63, 3.8) is 0 Å². The van der Waals surface area contributed by atoms with Crippen molar-refractivity contribution in [3.05, 3.63) is 0 Å². The Bertz CT molecular complexity index is 214. The zero-order valence-corrected chi connectivity index (χ0v) is 10.0. The predicted octanol–water partition coefficient (Wildman–Crippen LogP) is 2.40. The van der Waals surface area contributed by atoms with Gasteiger partial charge in [-0.05, 0) is 33.2 Å². The van der Waals surface area contributed by atoms with E-state index in [0.717, 1.165) is 26.2 Å². The van der Waals surface area contributed by atoms with Crippen LogP contribution in [0.1, 0.15) is 33.1 Å². The Kier molecular flexibility index (Phi) is 4.62. The quantitative estimate of drug-likeness (QED) is 0.757. The van der Waals surface area contributed by atoms with Crippen LogP contribution in [0.15, 0.2) is 0 Å². The first kappa shape index (κ1) is 13.8. The maximum Gasteiger partial charge on any atom is 0.389 e. The van der Waals surface area contributed by atoms with Crippen molar-refractivity contribution in [2.24, 2.45) is 0 Å². The first-order valence-corrected chi connectivity index (χ1v) is 5.83. The fourth-order valence-electron chi connectivity index (χ4n) is 2.10. The number of hydrogen-bond donors (Lipinski definition) is 1. The van der Waals surface area contributed by atoms with Gasteiger partial charge in [0.1, 0.15) is 0 Å². The third kappa shape index (κ3) is 5.70. The molecule has 0 radical (unpaired) electrons. The van der Waals surface area contributed by atoms with Crippen LogP contribution in [0, 0.1) is 0 Å². The minimum absolute atomic E-state index is 0.0856. The van der Waals surface area contributed by atoms with E-state index in [2.05, 4.69) is 24.1 Å². The summed E-state index contributed by atoms with van der Waals surface area (Å²) in [4.78, 5) is 2.24. The van der Waals surface area contributed by atoms with Gasteiger partial charge in [0.05, 0.1) is 0 Å². The molecule has 5 heteroatoms. The number of alkyl halides is 3. The number of nitrogens with zero attached hydrogens (tertiary/aromatic N) is 1. The van der Waals surface area contributed by atoms with Crippen molar-refractivity contribution < 1.29 is 13.2 Å². The van der Waals surface area contributed by atoms with Crippen molar-refractivity contribution >= 4 is 0 Å². The van der Waals surface area contributed by atoms with Crippen molar-refractivity contribution in [1.29, 1.82) is 0 Å². The topological polar surface area (TPSA) is 15.3 Å². The van der Waals surface area contributed by atoms with Gasteiger partial charge in [0.2, 0.25) is 0 Å². The number of unbranched alkanes of at least 4 members (excludes halogenated alkanes) is 1. The summed E-state index contributed by atoms with van der Waals surface area (Å²) in [5.41, 5.74) is 0.0856. The van der Waals surface area contributed by atoms with Crippen molar-refractivity contribution in [2.75, 3.05) is 26.2 Å². The number of halogens is 3. The van der Waals surface area contributed by atoms with Crippen molar-refractivity contribution in [2.45, 2.75) is 44.8 Å². The Hall–Kier alpha value is -0.290. The second-order valence-electron chi connectivity index (χ2n) is 5.16. The zero-order chi connectivity index (χ0) is 12.2. The standard InChI is InChI=1S/C11H21F3N2/c1-10(2)9-16(8-6-15-10)7-4-3-5-11(12,13)14/h15H,3-9H2,1-2H3. The van der Waals surface area contributed by atoms with Gasteiger partial charge in [0.15, 0.2) is 0 Å². The molecule has 1 aliphatic rings. The van der Waals surface area contributed by atoms with Crippen LogP contribution in [-0.4, -0.2) is 42.8 Å². The zero-order valence-electron chi connectivity index (χ0n) is 10.0. The first-order chi connectivity index (χ1) is 7.29. The SMILES string of the molecule is CC1(C)CN(CCCCC(F)(F)F)CCN1. The van der Waals surface area contributed by atoms with Crippen LogP contribution in [0.2, 0.25) is 0 Å². The van der Waals surface area contributed by atoms with Gasteiger partial charge in [-0.1, -0.05) is 0 Å². The van der Waals surface area contributed by atoms with E-state index in [1.807, 2.05) is 0 Å². The molecule has 1 rings (SSSR count). The van der Waals surface area contributed by atoms with E-state index in [0.29, 0.717) is 6.42 Å². The van der Waals surface area contributed by atoms with Gasteiger partial charge in [-0.15, -0.1) is 0 Å². The molecule has 1 fully saturated rings. The summed E-state index contributed by atoms with van der Waals surface area (Å²) in [6, 6.07) is 0. The van der Waals surface area contributed by atoms with Gasteiger partial charge < -0.3 is 10.2 Å². The molecule has 16 heavy (non-hydrogen) atoms. The molecule has 0 aromatic carbocycles. The maximum atomic E-state index is 11.9. The fraction of sp³-hybridized carbons (Fsp3) is 1.00. The maximum absolute atomic E-state index is 11.9. The first-order valence-electron chi connectivity index (χ1n) is 5.83. The molecule has 0 bridgehead atoms. The smallest absolute Gasteiger partial charge is 0.309 e. The van der Waals surface area contributed by atoms with Gasteiger partial charge >= 0.3 is 6.18 Å². The van der Waals surface area contributed by atoms with E-state index in [4.69, 9.17) is 0 Å². The third-order valence-corrected chi connectivity index (χ3v) is 2.84. The molecule has 0 saturated carbocycles. The molecular formula is C11H21F3N2. The van der Waals surface area contributed by atoms with Gasteiger partial charge in [-0.2, -0.15) is 13.2 Å². The minimum Gasteiger partial charge on any atom is -0.309 e. The van der Waals surface area contributed by atoms with Crippen LogP contribution < -0.4 is 5.32 Å². The highest BCUT2D eigenvalue weighted by Gasteiger charge is 2.27. The molecule has 1 saturated heterocycles. The van der Waals surface area contributed by atoms with Crippen molar-refractivity contribution in [1.82, 2.24) is 10.2 Å². The van der Waals surface area contributed by atoms with Crippen LogP contribution in [0.5, 0.6) is 0 Å². The Morgan fingerprint density at radius 3 is 2.50 bits per heavy atom. The lowest BCUT2D eigenvalue weighted by atomic mass is 10.0. The molecule has 0 aromatic heterocycles. The van der Waals surface area contributed by atoms with E-state index >= 15 is 0 Å². The van der Waals surface area contributed by atoms with E-state index in [9.17, 15) is 13.2 Å². The van der Waals surface area contributed by atoms with Crippen LogP contribution in [-0.2, 0) is 0 Å². The Morgan fingerprint density at radius 2 is 1.94 bits per heavy atom. The second kappa shape index (κ2) is 5.36. The molecule has 0 amide bonds. The molecule has 0 aromatic rings. The average Bonchev–Trinajstić information content (AvgIpc) is 2.09. The Labute approximate surface area is 95.2 Å². The molecule has 0 spiro atoms. The summed E-state index contributed by atoms with van der Waals surface area (Å²) in [5, 5.41) is 3.38. The summed E-state index contributed by atoms with van der Waals surface area (Å²) >= 11 is 0. The molecule has 0 atom stereocenters. The van der Waals surface area contributed by atoms with Crippen molar-refractivity contribution in [3.8, 4) is 0 Å². The largest absolute Gasteiger partial charge is 0.389 e. The van der Waals surface area contributed by atoms with Gasteiger partial charge in [0.25, 0.3) is 0 Å². The number of piperazine rings is 1. The van der Waals surface area contributed by atoms with Gasteiger partial charge in [0, 0.05) is 31.6 Å². The Morgan fingerprint density at radius 1 is 1.25 bits per heavy atom. The lowest BCUT2D eigenvalue weighted by molar-refractivity contribution is -0.135. The molecule has 1 aliphatic heterocycles. The molecule has 0 aliphatic carbocycles. The van der Waals surface area contributed by atoms with Crippen LogP contribution in [0.3, 0.4) is 0 Å². The molecule has 0 unspecified atom stereocenters. The second-order valence-corrected chi connectivity index (χ2v) is 5.16. The molecular weight excluding hydrogens is 217 g/mol. The normalized spacial score (nSPS) is 22.3. The third-order valence-electron chi connectivity index (χ3n) is 2.84. The van der Waals surface area contributed by atoms with E-state index < -0.39 is 12.6 Å². The molecule has 2 nitrogen and oxygen atoms in total. The number of rotatable bonds is 4. The minimum atomic E-state index is -4.00. The van der Waals surface area contributed by atoms with E-state index in [-0.39, 0.29) is 12.0 Å². The summed E-state index contributed by atoms with van der Waals surface area (Å²) in [5.74, 6) is 0. The monoisotopic (exact) mass is 238 g/mol. The predicted molar refractivity (Wildman–Crippen MR) is 58.4 cm³/mol. The molecule has 96 valence electrons. The van der Waals surface area contributed by atoms with Crippen LogP contribution in [0.4, 0.5) is 13.2 Å². The summed E-state index contributed by atoms with van der Waals surface area (Å²) in [7, 11) is 0. The average molecular weight is 238 g/mol.